The van der Waals surface area contributed by atoms with Gasteiger partial charge in [-0.3, -0.25) is 4.79 Å². The lowest BCUT2D eigenvalue weighted by molar-refractivity contribution is -0.122. The number of rotatable bonds is 2. The number of nitrogens with zero attached hydrogens (tertiary/aromatic N) is 2. The van der Waals surface area contributed by atoms with Gasteiger partial charge in [0.2, 0.25) is 5.91 Å². The molecule has 0 aromatic carbocycles. The fraction of sp³-hybridized carbons (Fsp3) is 0.600. The van der Waals surface area contributed by atoms with E-state index in [1.165, 1.54) is 0 Å². The summed E-state index contributed by atoms with van der Waals surface area (Å²) in [5.41, 5.74) is 6.65. The molecule has 2 heterocycles. The fourth-order valence-corrected chi connectivity index (χ4v) is 2.70. The van der Waals surface area contributed by atoms with Crippen molar-refractivity contribution in [3.63, 3.8) is 0 Å². The second-order valence-corrected chi connectivity index (χ2v) is 4.84. The largest absolute Gasteiger partial charge is 0.353 e. The quantitative estimate of drug-likeness (QED) is 0.789. The van der Waals surface area contributed by atoms with Crippen LogP contribution >= 0.6 is 11.3 Å². The lowest BCUT2D eigenvalue weighted by atomic mass is 10.2. The molecular weight excluding hydrogens is 224 g/mol. The Hall–Kier alpha value is -1.14. The highest BCUT2D eigenvalue weighted by atomic mass is 32.1. The van der Waals surface area contributed by atoms with Crippen molar-refractivity contribution >= 4 is 22.4 Å². The van der Waals surface area contributed by atoms with Crippen molar-refractivity contribution in [3.8, 4) is 0 Å². The van der Waals surface area contributed by atoms with Crippen LogP contribution in [0.15, 0.2) is 5.38 Å². The van der Waals surface area contributed by atoms with Crippen LogP contribution in [-0.2, 0) is 4.79 Å². The summed E-state index contributed by atoms with van der Waals surface area (Å²) in [7, 11) is 0. The van der Waals surface area contributed by atoms with Crippen LogP contribution in [0.4, 0.5) is 5.13 Å². The highest BCUT2D eigenvalue weighted by Crippen LogP contribution is 2.25. The summed E-state index contributed by atoms with van der Waals surface area (Å²) in [6.07, 6.45) is 0. The molecule has 0 aliphatic carbocycles. The van der Waals surface area contributed by atoms with Gasteiger partial charge in [0.25, 0.3) is 0 Å². The summed E-state index contributed by atoms with van der Waals surface area (Å²) in [6.45, 7) is 5.28. The van der Waals surface area contributed by atoms with E-state index in [-0.39, 0.29) is 18.0 Å². The summed E-state index contributed by atoms with van der Waals surface area (Å²) < 4.78 is 0. The maximum Gasteiger partial charge on any atom is 0.242 e. The minimum atomic E-state index is -0.152. The SMILES string of the molecule is CC(N)c1csc(N2CCNC(=O)C2C)n1. The van der Waals surface area contributed by atoms with E-state index >= 15 is 0 Å². The van der Waals surface area contributed by atoms with Crippen LogP contribution in [0.2, 0.25) is 0 Å². The van der Waals surface area contributed by atoms with Gasteiger partial charge in [-0.1, -0.05) is 0 Å². The van der Waals surface area contributed by atoms with Crippen LogP contribution in [0.25, 0.3) is 0 Å². The molecule has 1 aromatic heterocycles. The number of anilines is 1. The predicted octanol–water partition coefficient (Wildman–Crippen LogP) is 0.488. The molecule has 0 saturated carbocycles. The molecule has 1 amide bonds. The van der Waals surface area contributed by atoms with Gasteiger partial charge in [-0.2, -0.15) is 0 Å². The zero-order chi connectivity index (χ0) is 11.7. The average Bonchev–Trinajstić information content (AvgIpc) is 2.71. The lowest BCUT2D eigenvalue weighted by Gasteiger charge is -2.32. The second kappa shape index (κ2) is 4.39. The first-order valence-electron chi connectivity index (χ1n) is 5.35. The Bertz CT molecular complexity index is 390. The van der Waals surface area contributed by atoms with E-state index in [0.717, 1.165) is 17.4 Å². The standard InChI is InChI=1S/C10H16N4OS/c1-6(11)8-5-16-10(13-8)14-4-3-12-9(15)7(14)2/h5-7H,3-4,11H2,1-2H3,(H,12,15). The van der Waals surface area contributed by atoms with Crippen LogP contribution in [0.1, 0.15) is 25.6 Å². The number of amides is 1. The molecule has 16 heavy (non-hydrogen) atoms. The summed E-state index contributed by atoms with van der Waals surface area (Å²) >= 11 is 1.54. The van der Waals surface area contributed by atoms with E-state index in [1.807, 2.05) is 24.1 Å². The maximum absolute atomic E-state index is 11.5. The third kappa shape index (κ3) is 2.03. The first-order valence-corrected chi connectivity index (χ1v) is 6.23. The van der Waals surface area contributed by atoms with E-state index in [1.54, 1.807) is 11.3 Å². The Morgan fingerprint density at radius 1 is 1.75 bits per heavy atom. The van der Waals surface area contributed by atoms with Crippen molar-refractivity contribution in [1.29, 1.82) is 0 Å². The summed E-state index contributed by atoms with van der Waals surface area (Å²) in [5, 5.41) is 5.67. The minimum absolute atomic E-state index is 0.0566. The van der Waals surface area contributed by atoms with Gasteiger partial charge >= 0.3 is 0 Å². The van der Waals surface area contributed by atoms with E-state index < -0.39 is 0 Å². The number of nitrogens with two attached hydrogens (primary N) is 1. The molecular formula is C10H16N4OS. The highest BCUT2D eigenvalue weighted by molar-refractivity contribution is 7.13. The molecule has 2 atom stereocenters. The molecule has 2 unspecified atom stereocenters. The number of thiazole rings is 1. The molecule has 1 aromatic rings. The van der Waals surface area contributed by atoms with Gasteiger partial charge in [-0.25, -0.2) is 4.98 Å². The topological polar surface area (TPSA) is 71.2 Å². The minimum Gasteiger partial charge on any atom is -0.353 e. The molecule has 1 aliphatic heterocycles. The fourth-order valence-electron chi connectivity index (χ4n) is 1.66. The van der Waals surface area contributed by atoms with Crippen molar-refractivity contribution in [2.45, 2.75) is 25.9 Å². The maximum atomic E-state index is 11.5. The number of piperazine rings is 1. The highest BCUT2D eigenvalue weighted by Gasteiger charge is 2.27. The zero-order valence-electron chi connectivity index (χ0n) is 9.43. The Kier molecular flexibility index (Phi) is 3.11. The molecule has 0 spiro atoms. The molecule has 1 saturated heterocycles. The first-order chi connectivity index (χ1) is 7.59. The first kappa shape index (κ1) is 11.3. The third-order valence-corrected chi connectivity index (χ3v) is 3.62. The van der Waals surface area contributed by atoms with E-state index in [4.69, 9.17) is 5.73 Å². The smallest absolute Gasteiger partial charge is 0.242 e. The van der Waals surface area contributed by atoms with Gasteiger partial charge in [0.15, 0.2) is 5.13 Å². The number of hydrogen-bond acceptors (Lipinski definition) is 5. The zero-order valence-corrected chi connectivity index (χ0v) is 10.3. The summed E-state index contributed by atoms with van der Waals surface area (Å²) in [4.78, 5) is 18.0. The summed E-state index contributed by atoms with van der Waals surface area (Å²) in [5.74, 6) is 0.0591. The van der Waals surface area contributed by atoms with Crippen molar-refractivity contribution in [2.75, 3.05) is 18.0 Å². The Morgan fingerprint density at radius 3 is 3.12 bits per heavy atom. The van der Waals surface area contributed by atoms with E-state index in [2.05, 4.69) is 10.3 Å². The van der Waals surface area contributed by atoms with Crippen LogP contribution in [0, 0.1) is 0 Å². The van der Waals surface area contributed by atoms with Crippen molar-refractivity contribution < 1.29 is 4.79 Å². The molecule has 2 rings (SSSR count). The lowest BCUT2D eigenvalue weighted by Crippen LogP contribution is -2.54. The van der Waals surface area contributed by atoms with E-state index in [0.29, 0.717) is 6.54 Å². The molecule has 3 N–H and O–H groups in total. The van der Waals surface area contributed by atoms with Crippen LogP contribution < -0.4 is 16.0 Å². The molecule has 0 bridgehead atoms. The third-order valence-electron chi connectivity index (χ3n) is 2.72. The Morgan fingerprint density at radius 2 is 2.50 bits per heavy atom. The average molecular weight is 240 g/mol. The Balaban J connectivity index is 2.19. The number of hydrogen-bond donors (Lipinski definition) is 2. The molecule has 88 valence electrons. The number of carbonyl (C=O) groups excluding carboxylic acids is 1. The van der Waals surface area contributed by atoms with Gasteiger partial charge in [-0.15, -0.1) is 11.3 Å². The van der Waals surface area contributed by atoms with Crippen LogP contribution in [0.3, 0.4) is 0 Å². The molecule has 1 aliphatic rings. The molecule has 6 heteroatoms. The monoisotopic (exact) mass is 240 g/mol. The van der Waals surface area contributed by atoms with Crippen LogP contribution in [-0.4, -0.2) is 30.0 Å². The van der Waals surface area contributed by atoms with Crippen molar-refractivity contribution in [3.05, 3.63) is 11.1 Å². The van der Waals surface area contributed by atoms with Gasteiger partial charge in [0.1, 0.15) is 6.04 Å². The van der Waals surface area contributed by atoms with Crippen molar-refractivity contribution in [1.82, 2.24) is 10.3 Å². The summed E-state index contributed by atoms with van der Waals surface area (Å²) in [6, 6.07) is -0.209. The van der Waals surface area contributed by atoms with Gasteiger partial charge in [-0.05, 0) is 13.8 Å². The normalized spacial score (nSPS) is 23.1. The van der Waals surface area contributed by atoms with Gasteiger partial charge in [0.05, 0.1) is 5.69 Å². The molecule has 5 nitrogen and oxygen atoms in total. The Labute approximate surface area is 98.7 Å². The van der Waals surface area contributed by atoms with Gasteiger partial charge in [0, 0.05) is 24.5 Å². The number of carbonyl (C=O) groups is 1. The molecule has 1 fully saturated rings. The second-order valence-electron chi connectivity index (χ2n) is 4.00. The van der Waals surface area contributed by atoms with E-state index in [9.17, 15) is 4.79 Å². The molecule has 0 radical (unpaired) electrons. The van der Waals surface area contributed by atoms with Crippen LogP contribution in [0.5, 0.6) is 0 Å². The predicted molar refractivity (Wildman–Crippen MR) is 64.5 cm³/mol. The number of aromatic nitrogens is 1. The van der Waals surface area contributed by atoms with Crippen molar-refractivity contribution in [2.24, 2.45) is 5.73 Å². The van der Waals surface area contributed by atoms with Gasteiger partial charge < -0.3 is 16.0 Å². The number of nitrogens with one attached hydrogen (secondary N) is 1.